The molecular weight excluding hydrogens is 623 g/mol. The molecule has 0 radical (unpaired) electrons. The van der Waals surface area contributed by atoms with Crippen molar-refractivity contribution >= 4 is 56.9 Å². The minimum Gasteiger partial charge on any atom is -0.465 e. The van der Waals surface area contributed by atoms with Crippen molar-refractivity contribution in [2.45, 2.75) is 31.8 Å². The Morgan fingerprint density at radius 1 is 0.955 bits per heavy atom. The van der Waals surface area contributed by atoms with Crippen LogP contribution in [0.3, 0.4) is 0 Å². The third kappa shape index (κ3) is 6.37. The molecular formula is C33H28Cl2N2O6S. The van der Waals surface area contributed by atoms with E-state index in [-0.39, 0.29) is 34.9 Å². The molecule has 2 heterocycles. The number of esters is 1. The summed E-state index contributed by atoms with van der Waals surface area (Å²) in [4.78, 5) is 28.0. The van der Waals surface area contributed by atoms with Crippen molar-refractivity contribution in [3.63, 3.8) is 0 Å². The molecule has 1 aliphatic heterocycles. The third-order valence-electron chi connectivity index (χ3n) is 7.16. The van der Waals surface area contributed by atoms with Crippen LogP contribution in [0.5, 0.6) is 0 Å². The fraction of sp³-hybridized carbons (Fsp3) is 0.152. The van der Waals surface area contributed by atoms with E-state index in [2.05, 4.69) is 0 Å². The van der Waals surface area contributed by atoms with E-state index in [0.717, 1.165) is 11.1 Å². The van der Waals surface area contributed by atoms with Gasteiger partial charge in [0, 0.05) is 22.3 Å². The summed E-state index contributed by atoms with van der Waals surface area (Å²) in [5.74, 6) is -0.558. The molecule has 5 rings (SSSR count). The monoisotopic (exact) mass is 650 g/mol. The highest BCUT2D eigenvalue weighted by Crippen LogP contribution is 2.37. The first kappa shape index (κ1) is 31.3. The van der Waals surface area contributed by atoms with Crippen LogP contribution in [0, 0.1) is 6.92 Å². The Morgan fingerprint density at radius 3 is 2.32 bits per heavy atom. The zero-order chi connectivity index (χ0) is 31.6. The molecule has 11 heteroatoms. The van der Waals surface area contributed by atoms with Gasteiger partial charge in [0.05, 0.1) is 35.4 Å². The Bertz CT molecular complexity index is 1900. The van der Waals surface area contributed by atoms with Crippen molar-refractivity contribution in [1.82, 2.24) is 4.31 Å². The number of ether oxygens (including phenoxy) is 1. The number of sulfonamides is 1. The van der Waals surface area contributed by atoms with Crippen molar-refractivity contribution in [1.29, 1.82) is 0 Å². The van der Waals surface area contributed by atoms with Crippen LogP contribution in [0.15, 0.2) is 111 Å². The molecule has 0 spiro atoms. The maximum Gasteiger partial charge on any atom is 0.340 e. The normalized spacial score (nSPS) is 14.6. The lowest BCUT2D eigenvalue weighted by atomic mass is 10.1. The van der Waals surface area contributed by atoms with E-state index in [9.17, 15) is 18.0 Å². The molecule has 1 aliphatic rings. The Labute approximate surface area is 265 Å². The molecule has 0 bridgehead atoms. The number of carbonyl (C=O) groups excluding carboxylic acids is 2. The second-order valence-corrected chi connectivity index (χ2v) is 12.9. The summed E-state index contributed by atoms with van der Waals surface area (Å²) in [6.45, 7) is 3.47. The van der Waals surface area contributed by atoms with Crippen LogP contribution in [0.1, 0.15) is 29.6 Å². The summed E-state index contributed by atoms with van der Waals surface area (Å²) >= 11 is 12.4. The highest BCUT2D eigenvalue weighted by atomic mass is 35.5. The summed E-state index contributed by atoms with van der Waals surface area (Å²) < 4.78 is 39.6. The van der Waals surface area contributed by atoms with E-state index in [4.69, 9.17) is 32.4 Å². The molecule has 8 nitrogen and oxygen atoms in total. The lowest BCUT2D eigenvalue weighted by Gasteiger charge is -2.21. The van der Waals surface area contributed by atoms with Gasteiger partial charge in [-0.25, -0.2) is 13.2 Å². The van der Waals surface area contributed by atoms with Gasteiger partial charge >= 0.3 is 5.97 Å². The quantitative estimate of drug-likeness (QED) is 0.141. The van der Waals surface area contributed by atoms with Gasteiger partial charge in [-0.2, -0.15) is 4.31 Å². The average Bonchev–Trinajstić information content (AvgIpc) is 3.56. The first-order valence-electron chi connectivity index (χ1n) is 13.5. The van der Waals surface area contributed by atoms with Crippen molar-refractivity contribution in [3.8, 4) is 0 Å². The number of nitrogens with zero attached hydrogens (tertiary/aromatic N) is 2. The molecule has 0 saturated heterocycles. The van der Waals surface area contributed by atoms with E-state index in [1.54, 1.807) is 79.7 Å². The van der Waals surface area contributed by atoms with E-state index in [1.165, 1.54) is 34.5 Å². The van der Waals surface area contributed by atoms with Crippen LogP contribution >= 0.6 is 23.2 Å². The molecule has 0 saturated carbocycles. The van der Waals surface area contributed by atoms with Gasteiger partial charge in [0.2, 0.25) is 10.0 Å². The predicted molar refractivity (Wildman–Crippen MR) is 169 cm³/mol. The number of hydrogen-bond donors (Lipinski definition) is 0. The fourth-order valence-corrected chi connectivity index (χ4v) is 6.56. The Morgan fingerprint density at radius 2 is 1.66 bits per heavy atom. The average molecular weight is 652 g/mol. The smallest absolute Gasteiger partial charge is 0.340 e. The maximum absolute atomic E-state index is 13.7. The maximum atomic E-state index is 13.7. The topological polar surface area (TPSA) is 97.1 Å². The van der Waals surface area contributed by atoms with Crippen molar-refractivity contribution in [3.05, 3.63) is 134 Å². The summed E-state index contributed by atoms with van der Waals surface area (Å²) in [6, 6.07) is 23.5. The summed E-state index contributed by atoms with van der Waals surface area (Å²) in [5.41, 5.74) is 2.61. The van der Waals surface area contributed by atoms with Gasteiger partial charge in [-0.15, -0.1) is 0 Å². The molecule has 0 N–H and O–H groups in total. The Hall–Kier alpha value is -4.15. The number of hydrogen-bond acceptors (Lipinski definition) is 6. The van der Waals surface area contributed by atoms with Gasteiger partial charge in [0.1, 0.15) is 11.5 Å². The number of furan rings is 1. The number of benzene rings is 3. The number of halogens is 2. The minimum absolute atomic E-state index is 0.0620. The molecule has 44 heavy (non-hydrogen) atoms. The second kappa shape index (κ2) is 12.8. The molecule has 3 aromatic carbocycles. The number of amides is 1. The standard InChI is InChI=1S/C33H28Cl2N2O6S/c1-21-9-14-25(17-30(21)35)37-22(2)31(33(39)42-3)29(32(37)38)18-26-15-16-27(43-26)20-36(19-23-10-12-24(34)13-11-23)44(40,41)28-7-5-4-6-8-28/h4-18H,19-20H2,1-3H3/b29-18+. The van der Waals surface area contributed by atoms with Crippen LogP contribution in [-0.2, 0) is 37.4 Å². The van der Waals surface area contributed by atoms with Crippen LogP contribution in [0.25, 0.3) is 6.08 Å². The molecule has 0 aliphatic carbocycles. The highest BCUT2D eigenvalue weighted by molar-refractivity contribution is 7.89. The van der Waals surface area contributed by atoms with E-state index < -0.39 is 21.9 Å². The predicted octanol–water partition coefficient (Wildman–Crippen LogP) is 7.16. The summed E-state index contributed by atoms with van der Waals surface area (Å²) in [6.07, 6.45) is 1.45. The highest BCUT2D eigenvalue weighted by Gasteiger charge is 2.38. The Balaban J connectivity index is 1.48. The minimum atomic E-state index is -3.92. The van der Waals surface area contributed by atoms with Crippen LogP contribution in [-0.4, -0.2) is 31.7 Å². The molecule has 0 fully saturated rings. The van der Waals surface area contributed by atoms with Gasteiger partial charge in [0.25, 0.3) is 5.91 Å². The molecule has 1 aromatic heterocycles. The van der Waals surface area contributed by atoms with Crippen LogP contribution in [0.2, 0.25) is 10.0 Å². The van der Waals surface area contributed by atoms with Gasteiger partial charge < -0.3 is 9.15 Å². The molecule has 0 unspecified atom stereocenters. The zero-order valence-corrected chi connectivity index (χ0v) is 26.4. The van der Waals surface area contributed by atoms with Gasteiger partial charge in [-0.3, -0.25) is 9.69 Å². The third-order valence-corrected chi connectivity index (χ3v) is 9.62. The first-order valence-corrected chi connectivity index (χ1v) is 15.7. The SMILES string of the molecule is COC(=O)C1=C(C)N(c2ccc(C)c(Cl)c2)C(=O)/C1=C/c1ccc(CN(Cc2ccc(Cl)cc2)S(=O)(=O)c2ccccc2)o1. The van der Waals surface area contributed by atoms with Gasteiger partial charge in [-0.1, -0.05) is 59.6 Å². The first-order chi connectivity index (χ1) is 21.0. The largest absolute Gasteiger partial charge is 0.465 e. The zero-order valence-electron chi connectivity index (χ0n) is 24.1. The van der Waals surface area contributed by atoms with Crippen molar-refractivity contribution in [2.75, 3.05) is 12.0 Å². The lowest BCUT2D eigenvalue weighted by molar-refractivity contribution is -0.136. The molecule has 1 amide bonds. The number of aryl methyl sites for hydroxylation is 1. The van der Waals surface area contributed by atoms with Crippen LogP contribution < -0.4 is 4.90 Å². The van der Waals surface area contributed by atoms with E-state index in [0.29, 0.717) is 27.2 Å². The molecule has 226 valence electrons. The number of methoxy groups -OCH3 is 1. The summed E-state index contributed by atoms with van der Waals surface area (Å²) in [5, 5.41) is 1.01. The molecule has 0 atom stereocenters. The number of anilines is 1. The van der Waals surface area contributed by atoms with Crippen LogP contribution in [0.4, 0.5) is 5.69 Å². The fourth-order valence-electron chi connectivity index (χ4n) is 4.85. The second-order valence-electron chi connectivity index (χ2n) is 10.1. The summed E-state index contributed by atoms with van der Waals surface area (Å²) in [7, 11) is -2.68. The van der Waals surface area contributed by atoms with E-state index in [1.807, 2.05) is 6.92 Å². The van der Waals surface area contributed by atoms with E-state index >= 15 is 0 Å². The van der Waals surface area contributed by atoms with Gasteiger partial charge in [-0.05, 0) is 79.6 Å². The Kier molecular flexibility index (Phi) is 9.12. The molecule has 4 aromatic rings. The van der Waals surface area contributed by atoms with Crippen molar-refractivity contribution < 1.29 is 27.2 Å². The van der Waals surface area contributed by atoms with Crippen molar-refractivity contribution in [2.24, 2.45) is 0 Å². The lowest BCUT2D eigenvalue weighted by Crippen LogP contribution is -2.30. The number of rotatable bonds is 9. The number of carbonyl (C=O) groups is 2. The number of allylic oxidation sites excluding steroid dienone is 1. The van der Waals surface area contributed by atoms with Gasteiger partial charge in [0.15, 0.2) is 0 Å².